The van der Waals surface area contributed by atoms with E-state index in [2.05, 4.69) is 85.1 Å². The van der Waals surface area contributed by atoms with Gasteiger partial charge in [0.05, 0.1) is 19.2 Å². The molecule has 0 spiro atoms. The van der Waals surface area contributed by atoms with Crippen LogP contribution < -0.4 is 131 Å². The molecule has 2 aromatic carbocycles. The van der Waals surface area contributed by atoms with Crippen LogP contribution in [0.3, 0.4) is 0 Å². The van der Waals surface area contributed by atoms with Crippen LogP contribution in [0.1, 0.15) is 168 Å². The number of hydrogen-bond acceptors (Lipinski definition) is 24. The van der Waals surface area contributed by atoms with Gasteiger partial charge in [-0.25, -0.2) is 4.79 Å². The lowest BCUT2D eigenvalue weighted by molar-refractivity contribution is -0.142. The second-order valence-electron chi connectivity index (χ2n) is 30.6. The largest absolute Gasteiger partial charge is 0.508 e. The molecule has 0 aliphatic rings. The van der Waals surface area contributed by atoms with Crippen LogP contribution in [0.15, 0.2) is 54.6 Å². The molecule has 2 aromatic rings. The first-order valence-electron chi connectivity index (χ1n) is 41.7. The SMILES string of the molecule is CC[C@H](C)[C@H](NC(=O)[C@@H](N)CC(C)C)C(=O)N[C@@H](Cc1ccc(O)cc1)C(=O)N[C@@H](C)C(=O)N[C@@H](CCC(N)=O)C(=O)NCC(=O)N[C@@H](Cc1ccccc1)C(=O)N[C@@H](CO)C(=O)N[C@@H](CCCCN)C(=O)N[C@@H](CCCCN)C(=O)N[C@@H](CCCNC(=N)N)C(=O)N[C@@H](CCCNC(=N)N)C(=O)N[C@@H](CCCCN)C(=O)N[C@@H](CCCNC(=N)N)C(=O)O. The molecule has 0 heterocycles. The van der Waals surface area contributed by atoms with E-state index in [9.17, 15) is 87.2 Å². The molecule has 0 aliphatic carbocycles. The summed E-state index contributed by atoms with van der Waals surface area (Å²) in [4.78, 5) is 209. The van der Waals surface area contributed by atoms with Crippen molar-refractivity contribution in [2.45, 2.75) is 248 Å². The van der Waals surface area contributed by atoms with Crippen LogP contribution >= 0.6 is 0 Å². The molecule has 0 fully saturated rings. The highest BCUT2D eigenvalue weighted by Gasteiger charge is 2.38. The van der Waals surface area contributed by atoms with Gasteiger partial charge >= 0.3 is 5.97 Å². The lowest BCUT2D eigenvalue weighted by Crippen LogP contribution is -2.61. The average molecular weight is 1750 g/mol. The van der Waals surface area contributed by atoms with Gasteiger partial charge in [-0.2, -0.15) is 0 Å². The third-order valence-electron chi connectivity index (χ3n) is 19.7. The number of aliphatic hydroxyl groups excluding tert-OH is 1. The van der Waals surface area contributed by atoms with Crippen molar-refractivity contribution in [3.63, 3.8) is 0 Å². The van der Waals surface area contributed by atoms with Gasteiger partial charge in [0, 0.05) is 38.9 Å². The zero-order valence-corrected chi connectivity index (χ0v) is 71.4. The summed E-state index contributed by atoms with van der Waals surface area (Å²) in [6.45, 7) is 7.15. The molecular weight excluding hydrogens is 1620 g/mol. The number of aliphatic carboxylic acids is 1. The number of benzene rings is 2. The zero-order valence-electron chi connectivity index (χ0n) is 71.4. The van der Waals surface area contributed by atoms with Gasteiger partial charge in [-0.1, -0.05) is 76.6 Å². The molecule has 14 atom stereocenters. The average Bonchev–Trinajstić information content (AvgIpc) is 0.866. The molecule has 0 saturated carbocycles. The van der Waals surface area contributed by atoms with E-state index in [1.165, 1.54) is 31.2 Å². The van der Waals surface area contributed by atoms with Gasteiger partial charge in [-0.3, -0.25) is 83.4 Å². The zero-order chi connectivity index (χ0) is 93.0. The normalized spacial score (nSPS) is 14.4. The standard InChI is InChI=1S/C79H135N27O18/c1-6-45(4)63(106-65(112)50(83)39-44(2)3)75(122)104-59(41-48-27-29-49(108)30-28-48)72(119)95-46(5)64(111)97-56(31-32-61(84)109)66(113)94-42-62(110)96-58(40-47-19-8-7-9-20-47)73(120)105-60(43-107)74(121)102-52(22-11-14-34-81)68(115)98-51(21-10-13-33-80)67(114)100-55(25-17-37-92-78(87)88)70(117)101-54(24-16-36-91-77(85)86)69(116)99-53(23-12-15-35-82)71(118)103-57(76(123)124)26-18-38-93-79(89)90/h7-9,19-20,27-30,44-46,50-60,63,107-108H,6,10-18,21-26,31-43,80-83H2,1-5H3,(H2,84,109)(H,94,113)(H,95,119)(H,96,110)(H,97,111)(H,98,115)(H,99,116)(H,100,114)(H,101,117)(H,102,121)(H,103,118)(H,104,122)(H,105,120)(H,106,112)(H,123,124)(H4,85,86,91)(H4,87,88,92)(H4,89,90,93)/t45-,46-,50-,51-,52-,53-,54-,55-,56-,57-,58-,59-,60-,63-/m0/s1. The minimum atomic E-state index is -1.85. The van der Waals surface area contributed by atoms with E-state index >= 15 is 0 Å². The molecule has 0 aromatic heterocycles. The molecule has 38 N–H and O–H groups in total. The maximum absolute atomic E-state index is 14.7. The van der Waals surface area contributed by atoms with E-state index in [-0.39, 0.29) is 147 Å². The molecule has 0 aliphatic heterocycles. The van der Waals surface area contributed by atoms with E-state index in [1.54, 1.807) is 44.2 Å². The van der Waals surface area contributed by atoms with Crippen LogP contribution in [0.2, 0.25) is 0 Å². The first-order valence-corrected chi connectivity index (χ1v) is 41.7. The van der Waals surface area contributed by atoms with Crippen molar-refractivity contribution in [1.82, 2.24) is 85.1 Å². The van der Waals surface area contributed by atoms with Crippen molar-refractivity contribution in [1.29, 1.82) is 16.2 Å². The number of nitrogens with one attached hydrogen (secondary N) is 19. The summed E-state index contributed by atoms with van der Waals surface area (Å²) in [6.07, 6.45) is 0.644. The van der Waals surface area contributed by atoms with Crippen molar-refractivity contribution < 1.29 is 87.2 Å². The molecule has 0 unspecified atom stereocenters. The summed E-state index contributed by atoms with van der Waals surface area (Å²) in [5.74, 6) is -16.1. The number of carbonyl (C=O) groups excluding carboxylic acids is 14. The van der Waals surface area contributed by atoms with Crippen LogP contribution in [0, 0.1) is 28.1 Å². The Kier molecular flexibility index (Phi) is 51.9. The number of rotatable bonds is 63. The summed E-state index contributed by atoms with van der Waals surface area (Å²) in [5.41, 5.74) is 46.4. The quantitative estimate of drug-likeness (QED) is 0.0166. The number of phenolic OH excluding ortho intramolecular Hbond substituents is 1. The predicted molar refractivity (Wildman–Crippen MR) is 460 cm³/mol. The fraction of sp³-hybridized carbons (Fsp3) is 0.620. The third-order valence-corrected chi connectivity index (χ3v) is 19.7. The van der Waals surface area contributed by atoms with E-state index in [0.717, 1.165) is 0 Å². The number of hydrogen-bond donors (Lipinski definition) is 30. The van der Waals surface area contributed by atoms with Gasteiger partial charge in [-0.15, -0.1) is 0 Å². The summed E-state index contributed by atoms with van der Waals surface area (Å²) in [6, 6.07) is -4.98. The molecular formula is C79H135N27O18. The van der Waals surface area contributed by atoms with Crippen molar-refractivity contribution >= 4 is 107 Å². The number of carboxylic acids is 1. The van der Waals surface area contributed by atoms with E-state index < -0.39 is 211 Å². The predicted octanol–water partition coefficient (Wildman–Crippen LogP) is -6.93. The number of carbonyl (C=O) groups is 15. The van der Waals surface area contributed by atoms with Crippen LogP contribution in [-0.4, -0.2) is 253 Å². The molecule has 45 nitrogen and oxygen atoms in total. The number of phenols is 1. The Morgan fingerprint density at radius 1 is 0.387 bits per heavy atom. The number of amides is 14. The second-order valence-corrected chi connectivity index (χ2v) is 30.6. The number of carboxylic acid groups (broad SMARTS) is 1. The Labute approximate surface area is 721 Å². The summed E-state index contributed by atoms with van der Waals surface area (Å²) < 4.78 is 0. The smallest absolute Gasteiger partial charge is 0.326 e. The second kappa shape index (κ2) is 59.6. The van der Waals surface area contributed by atoms with Gasteiger partial charge in [0.2, 0.25) is 82.7 Å². The molecule has 694 valence electrons. The van der Waals surface area contributed by atoms with Crippen LogP contribution in [0.5, 0.6) is 5.75 Å². The summed E-state index contributed by atoms with van der Waals surface area (Å²) in [5, 5.41) is 94.4. The van der Waals surface area contributed by atoms with Crippen molar-refractivity contribution in [3.8, 4) is 5.75 Å². The van der Waals surface area contributed by atoms with E-state index in [4.69, 9.17) is 62.1 Å². The maximum atomic E-state index is 14.7. The van der Waals surface area contributed by atoms with Crippen molar-refractivity contribution in [2.24, 2.45) is 57.7 Å². The molecule has 45 heteroatoms. The highest BCUT2D eigenvalue weighted by Crippen LogP contribution is 2.17. The summed E-state index contributed by atoms with van der Waals surface area (Å²) >= 11 is 0. The van der Waals surface area contributed by atoms with Crippen LogP contribution in [0.25, 0.3) is 0 Å². The number of nitrogens with two attached hydrogens (primary N) is 8. The number of aliphatic hydroxyl groups is 1. The van der Waals surface area contributed by atoms with Gasteiger partial charge in [0.25, 0.3) is 0 Å². The molecule has 14 amide bonds. The molecule has 0 bridgehead atoms. The number of primary amides is 1. The van der Waals surface area contributed by atoms with Gasteiger partial charge < -0.3 is 146 Å². The molecule has 124 heavy (non-hydrogen) atoms. The summed E-state index contributed by atoms with van der Waals surface area (Å²) in [7, 11) is 0. The van der Waals surface area contributed by atoms with Gasteiger partial charge in [0.1, 0.15) is 78.3 Å². The first-order chi connectivity index (χ1) is 58.8. The lowest BCUT2D eigenvalue weighted by atomic mass is 9.96. The number of guanidine groups is 3. The Balaban J connectivity index is 2.51. The minimum Gasteiger partial charge on any atom is -0.508 e. The lowest BCUT2D eigenvalue weighted by Gasteiger charge is -2.28. The Bertz CT molecular complexity index is 3790. The Morgan fingerprint density at radius 3 is 1.14 bits per heavy atom. The van der Waals surface area contributed by atoms with Gasteiger partial charge in [0.15, 0.2) is 17.9 Å². The third kappa shape index (κ3) is 44.1. The van der Waals surface area contributed by atoms with Gasteiger partial charge in [-0.05, 0) is 171 Å². The van der Waals surface area contributed by atoms with Crippen molar-refractivity contribution in [3.05, 3.63) is 65.7 Å². The van der Waals surface area contributed by atoms with E-state index in [0.29, 0.717) is 43.2 Å². The Hall–Kier alpha value is -12.1. The first kappa shape index (κ1) is 108. The monoisotopic (exact) mass is 1750 g/mol. The van der Waals surface area contributed by atoms with Crippen molar-refractivity contribution in [2.75, 3.05) is 52.4 Å². The number of aromatic hydroxyl groups is 1. The number of unbranched alkanes of at least 4 members (excludes halogenated alkanes) is 3. The van der Waals surface area contributed by atoms with Crippen LogP contribution in [0.4, 0.5) is 0 Å². The highest BCUT2D eigenvalue weighted by atomic mass is 16.4. The topological polar surface area (TPSA) is 789 Å². The maximum Gasteiger partial charge on any atom is 0.326 e. The van der Waals surface area contributed by atoms with Crippen LogP contribution in [-0.2, 0) is 84.8 Å². The molecule has 0 radical (unpaired) electrons. The molecule has 0 saturated heterocycles. The minimum absolute atomic E-state index is 0.000557. The highest BCUT2D eigenvalue weighted by molar-refractivity contribution is 6.00. The fourth-order valence-electron chi connectivity index (χ4n) is 12.5. The molecule has 2 rings (SSSR count). The van der Waals surface area contributed by atoms with E-state index in [1.807, 2.05) is 13.8 Å². The fourth-order valence-corrected chi connectivity index (χ4v) is 12.5. The Morgan fingerprint density at radius 2 is 0.742 bits per heavy atom.